The van der Waals surface area contributed by atoms with E-state index in [1.165, 1.54) is 0 Å². The van der Waals surface area contributed by atoms with Gasteiger partial charge in [0, 0.05) is 13.1 Å². The molecule has 1 amide bonds. The van der Waals surface area contributed by atoms with Gasteiger partial charge in [-0.15, -0.1) is 12.4 Å². The predicted octanol–water partition coefficient (Wildman–Crippen LogP) is 2.16. The molecule has 24 heavy (non-hydrogen) atoms. The van der Waals surface area contributed by atoms with Crippen molar-refractivity contribution in [3.05, 3.63) is 22.7 Å². The van der Waals surface area contributed by atoms with E-state index in [1.54, 1.807) is 13.2 Å². The summed E-state index contributed by atoms with van der Waals surface area (Å²) < 4.78 is 16.3. The van der Waals surface area contributed by atoms with Crippen LogP contribution in [0.4, 0.5) is 0 Å². The first-order valence-corrected chi connectivity index (χ1v) is 8.06. The number of nitrogens with one attached hydrogen (secondary N) is 2. The molecule has 0 bridgehead atoms. The highest BCUT2D eigenvalue weighted by Crippen LogP contribution is 2.36. The second-order valence-electron chi connectivity index (χ2n) is 5.27. The van der Waals surface area contributed by atoms with Gasteiger partial charge in [-0.05, 0) is 31.5 Å². The standard InChI is InChI=1S/C16H23ClN2O4.ClH/c1-4-22-15-12(17)7-11(8-13(15)21-3)9-19-16(20)14-10(2)23-6-5-18-14;/h7-8,10,14,18H,4-6,9H2,1-3H3,(H,19,20);1H/t10-,14+;/m1./s1. The van der Waals surface area contributed by atoms with Gasteiger partial charge >= 0.3 is 0 Å². The Labute approximate surface area is 153 Å². The molecule has 1 heterocycles. The summed E-state index contributed by atoms with van der Waals surface area (Å²) in [6, 6.07) is 3.23. The molecule has 1 aliphatic rings. The fourth-order valence-electron chi connectivity index (χ4n) is 2.49. The molecule has 1 aliphatic heterocycles. The molecule has 0 aromatic heterocycles. The molecule has 2 atom stereocenters. The van der Waals surface area contributed by atoms with Crippen LogP contribution in [0, 0.1) is 0 Å². The SMILES string of the molecule is CCOc1c(Cl)cc(CNC(=O)[C@H]2NCCO[C@@H]2C)cc1OC.Cl. The molecule has 1 saturated heterocycles. The third-order valence-corrected chi connectivity index (χ3v) is 3.92. The fraction of sp³-hybridized carbons (Fsp3) is 0.562. The molecule has 2 rings (SSSR count). The zero-order chi connectivity index (χ0) is 16.8. The van der Waals surface area contributed by atoms with E-state index >= 15 is 0 Å². The highest BCUT2D eigenvalue weighted by molar-refractivity contribution is 6.32. The average molecular weight is 379 g/mol. The Morgan fingerprint density at radius 3 is 2.88 bits per heavy atom. The summed E-state index contributed by atoms with van der Waals surface area (Å²) in [7, 11) is 1.56. The van der Waals surface area contributed by atoms with Gasteiger partial charge in [0.25, 0.3) is 0 Å². The molecule has 1 aromatic carbocycles. The van der Waals surface area contributed by atoms with Crippen molar-refractivity contribution in [2.45, 2.75) is 32.5 Å². The predicted molar refractivity (Wildman–Crippen MR) is 95.5 cm³/mol. The molecular formula is C16H24Cl2N2O4. The molecule has 0 unspecified atom stereocenters. The van der Waals surface area contributed by atoms with Gasteiger partial charge in [0.1, 0.15) is 6.04 Å². The number of carbonyl (C=O) groups is 1. The summed E-state index contributed by atoms with van der Waals surface area (Å²) in [6.45, 7) is 5.91. The van der Waals surface area contributed by atoms with Crippen molar-refractivity contribution in [3.63, 3.8) is 0 Å². The number of carbonyl (C=O) groups excluding carboxylic acids is 1. The van der Waals surface area contributed by atoms with Crippen LogP contribution in [0.1, 0.15) is 19.4 Å². The van der Waals surface area contributed by atoms with Crippen LogP contribution in [0.15, 0.2) is 12.1 Å². The van der Waals surface area contributed by atoms with Crippen molar-refractivity contribution in [2.75, 3.05) is 26.9 Å². The van der Waals surface area contributed by atoms with E-state index in [2.05, 4.69) is 10.6 Å². The molecule has 1 aromatic rings. The van der Waals surface area contributed by atoms with E-state index in [-0.39, 0.29) is 30.5 Å². The number of methoxy groups -OCH3 is 1. The summed E-state index contributed by atoms with van der Waals surface area (Å²) in [5.74, 6) is 0.972. The van der Waals surface area contributed by atoms with Gasteiger partial charge in [0.15, 0.2) is 11.5 Å². The number of benzene rings is 1. The topological polar surface area (TPSA) is 68.8 Å². The Hall–Kier alpha value is -1.21. The molecule has 6 nitrogen and oxygen atoms in total. The Morgan fingerprint density at radius 1 is 1.50 bits per heavy atom. The van der Waals surface area contributed by atoms with Crippen molar-refractivity contribution >= 4 is 29.9 Å². The Bertz CT molecular complexity index is 557. The summed E-state index contributed by atoms with van der Waals surface area (Å²) in [5.41, 5.74) is 0.841. The molecule has 0 aliphatic carbocycles. The van der Waals surface area contributed by atoms with E-state index in [0.29, 0.717) is 42.8 Å². The van der Waals surface area contributed by atoms with Gasteiger partial charge in [-0.25, -0.2) is 0 Å². The lowest BCUT2D eigenvalue weighted by molar-refractivity contribution is -0.129. The van der Waals surface area contributed by atoms with E-state index in [9.17, 15) is 4.79 Å². The molecular weight excluding hydrogens is 355 g/mol. The number of morpholine rings is 1. The molecule has 0 saturated carbocycles. The van der Waals surface area contributed by atoms with Gasteiger partial charge in [0.2, 0.25) is 5.91 Å². The first-order valence-electron chi connectivity index (χ1n) is 7.68. The van der Waals surface area contributed by atoms with E-state index in [4.69, 9.17) is 25.8 Å². The van der Waals surface area contributed by atoms with E-state index in [0.717, 1.165) is 5.56 Å². The Kier molecular flexibility index (Phi) is 8.62. The van der Waals surface area contributed by atoms with Crippen molar-refractivity contribution in [1.29, 1.82) is 0 Å². The molecule has 2 N–H and O–H groups in total. The molecule has 0 radical (unpaired) electrons. The highest BCUT2D eigenvalue weighted by Gasteiger charge is 2.28. The van der Waals surface area contributed by atoms with Crippen LogP contribution in [0.2, 0.25) is 5.02 Å². The molecule has 136 valence electrons. The fourth-order valence-corrected chi connectivity index (χ4v) is 2.77. The maximum absolute atomic E-state index is 12.2. The van der Waals surface area contributed by atoms with Crippen LogP contribution in [0.5, 0.6) is 11.5 Å². The zero-order valence-electron chi connectivity index (χ0n) is 14.1. The second kappa shape index (κ2) is 9.93. The summed E-state index contributed by atoms with van der Waals surface area (Å²) >= 11 is 6.23. The quantitative estimate of drug-likeness (QED) is 0.793. The Balaban J connectivity index is 0.00000288. The van der Waals surface area contributed by atoms with Gasteiger partial charge in [-0.3, -0.25) is 4.79 Å². The molecule has 0 spiro atoms. The minimum Gasteiger partial charge on any atom is -0.493 e. The largest absolute Gasteiger partial charge is 0.493 e. The summed E-state index contributed by atoms with van der Waals surface area (Å²) in [5, 5.41) is 6.51. The number of hydrogen-bond acceptors (Lipinski definition) is 5. The van der Waals surface area contributed by atoms with Crippen LogP contribution >= 0.6 is 24.0 Å². The number of rotatable bonds is 6. The summed E-state index contributed by atoms with van der Waals surface area (Å²) in [4.78, 5) is 12.2. The Morgan fingerprint density at radius 2 is 2.25 bits per heavy atom. The third kappa shape index (κ3) is 5.14. The van der Waals surface area contributed by atoms with Crippen molar-refractivity contribution in [1.82, 2.24) is 10.6 Å². The molecule has 1 fully saturated rings. The van der Waals surface area contributed by atoms with Crippen molar-refractivity contribution in [3.8, 4) is 11.5 Å². The maximum Gasteiger partial charge on any atom is 0.240 e. The lowest BCUT2D eigenvalue weighted by Gasteiger charge is -2.29. The number of halogens is 2. The average Bonchev–Trinajstić information content (AvgIpc) is 2.55. The normalized spacial score (nSPS) is 20.0. The minimum absolute atomic E-state index is 0. The zero-order valence-corrected chi connectivity index (χ0v) is 15.6. The lowest BCUT2D eigenvalue weighted by atomic mass is 10.1. The second-order valence-corrected chi connectivity index (χ2v) is 5.67. The first-order chi connectivity index (χ1) is 11.1. The summed E-state index contributed by atoms with van der Waals surface area (Å²) in [6.07, 6.45) is -0.151. The highest BCUT2D eigenvalue weighted by atomic mass is 35.5. The van der Waals surface area contributed by atoms with Crippen LogP contribution in [0.3, 0.4) is 0 Å². The van der Waals surface area contributed by atoms with Crippen LogP contribution in [-0.2, 0) is 16.1 Å². The number of ether oxygens (including phenoxy) is 3. The van der Waals surface area contributed by atoms with Gasteiger partial charge < -0.3 is 24.8 Å². The van der Waals surface area contributed by atoms with Crippen LogP contribution < -0.4 is 20.1 Å². The van der Waals surface area contributed by atoms with Gasteiger partial charge in [-0.1, -0.05) is 11.6 Å². The van der Waals surface area contributed by atoms with Gasteiger partial charge in [0.05, 0.1) is 31.5 Å². The minimum atomic E-state index is -0.344. The molecule has 8 heteroatoms. The van der Waals surface area contributed by atoms with Crippen molar-refractivity contribution < 1.29 is 19.0 Å². The number of hydrogen-bond donors (Lipinski definition) is 2. The van der Waals surface area contributed by atoms with Crippen LogP contribution in [-0.4, -0.2) is 44.9 Å². The number of amides is 1. The van der Waals surface area contributed by atoms with Crippen molar-refractivity contribution in [2.24, 2.45) is 0 Å². The maximum atomic E-state index is 12.2. The van der Waals surface area contributed by atoms with E-state index < -0.39 is 0 Å². The lowest BCUT2D eigenvalue weighted by Crippen LogP contribution is -2.55. The van der Waals surface area contributed by atoms with Gasteiger partial charge in [-0.2, -0.15) is 0 Å². The first kappa shape index (κ1) is 20.8. The third-order valence-electron chi connectivity index (χ3n) is 3.64. The smallest absolute Gasteiger partial charge is 0.240 e. The van der Waals surface area contributed by atoms with Crippen LogP contribution in [0.25, 0.3) is 0 Å². The monoisotopic (exact) mass is 378 g/mol. The van der Waals surface area contributed by atoms with E-state index in [1.807, 2.05) is 19.9 Å².